The van der Waals surface area contributed by atoms with Gasteiger partial charge >= 0.3 is 6.09 Å². The molecule has 3 rings (SSSR count). The maximum absolute atomic E-state index is 11.0. The molecule has 2 heterocycles. The summed E-state index contributed by atoms with van der Waals surface area (Å²) < 4.78 is 7.11. The Morgan fingerprint density at radius 1 is 1.26 bits per heavy atom. The van der Waals surface area contributed by atoms with Crippen LogP contribution in [-0.2, 0) is 17.7 Å². The second-order valence-corrected chi connectivity index (χ2v) is 9.27. The highest BCUT2D eigenvalue weighted by Gasteiger charge is 2.22. The molecule has 0 saturated carbocycles. The van der Waals surface area contributed by atoms with Crippen LogP contribution in [0.4, 0.5) is 4.79 Å². The van der Waals surface area contributed by atoms with E-state index in [0.29, 0.717) is 23.0 Å². The Bertz CT molecular complexity index is 1070. The summed E-state index contributed by atoms with van der Waals surface area (Å²) in [7, 11) is 0. The van der Waals surface area contributed by atoms with Gasteiger partial charge in [0, 0.05) is 33.3 Å². The van der Waals surface area contributed by atoms with Crippen molar-refractivity contribution in [2.45, 2.75) is 49.6 Å². The number of benzene rings is 1. The van der Waals surface area contributed by atoms with Crippen LogP contribution in [0.15, 0.2) is 46.5 Å². The first-order valence-corrected chi connectivity index (χ1v) is 11.4. The van der Waals surface area contributed by atoms with Crippen LogP contribution in [0.5, 0.6) is 0 Å². The first-order valence-electron chi connectivity index (χ1n) is 9.80. The molecule has 0 fully saturated rings. The molecular weight excluding hydrogens is 455 g/mol. The van der Waals surface area contributed by atoms with E-state index in [9.17, 15) is 4.79 Å². The Balaban J connectivity index is 2.07. The Morgan fingerprint density at radius 3 is 2.58 bits per heavy atom. The average molecular weight is 479 g/mol. The number of hydrogen-bond acceptors (Lipinski definition) is 5. The number of aromatic nitrogens is 3. The van der Waals surface area contributed by atoms with Crippen molar-refractivity contribution in [3.63, 3.8) is 0 Å². The lowest BCUT2D eigenvalue weighted by Crippen LogP contribution is -2.16. The minimum atomic E-state index is -0.798. The van der Waals surface area contributed by atoms with Gasteiger partial charge in [-0.1, -0.05) is 54.9 Å². The van der Waals surface area contributed by atoms with Crippen LogP contribution in [0.25, 0.3) is 0 Å². The van der Waals surface area contributed by atoms with E-state index in [0.717, 1.165) is 32.7 Å². The number of aryl methyl sites for hydroxylation is 1. The molecule has 0 aliphatic heterocycles. The van der Waals surface area contributed by atoms with E-state index in [-0.39, 0.29) is 12.5 Å². The normalized spacial score (nSPS) is 11.2. The quantitative estimate of drug-likeness (QED) is 0.438. The molecule has 0 spiro atoms. The number of primary amides is 1. The van der Waals surface area contributed by atoms with Crippen molar-refractivity contribution in [1.82, 2.24) is 14.5 Å². The average Bonchev–Trinajstić information content (AvgIpc) is 3.00. The van der Waals surface area contributed by atoms with Crippen LogP contribution >= 0.6 is 35.0 Å². The van der Waals surface area contributed by atoms with E-state index >= 15 is 0 Å². The number of nitrogens with zero attached hydrogens (tertiary/aromatic N) is 3. The number of hydrogen-bond donors (Lipinski definition) is 1. The van der Waals surface area contributed by atoms with Gasteiger partial charge in [0.15, 0.2) is 0 Å². The van der Waals surface area contributed by atoms with Crippen molar-refractivity contribution in [3.05, 3.63) is 69.3 Å². The van der Waals surface area contributed by atoms with Gasteiger partial charge in [-0.05, 0) is 42.7 Å². The predicted molar refractivity (Wildman–Crippen MR) is 124 cm³/mol. The van der Waals surface area contributed by atoms with Crippen molar-refractivity contribution in [2.75, 3.05) is 6.61 Å². The van der Waals surface area contributed by atoms with Crippen LogP contribution in [0.3, 0.4) is 0 Å². The van der Waals surface area contributed by atoms with Crippen LogP contribution in [0, 0.1) is 6.92 Å². The van der Waals surface area contributed by atoms with Gasteiger partial charge in [-0.3, -0.25) is 4.98 Å². The van der Waals surface area contributed by atoms with E-state index in [4.69, 9.17) is 38.7 Å². The molecule has 9 heteroatoms. The number of carbonyl (C=O) groups is 1. The molecule has 1 amide bonds. The zero-order valence-electron chi connectivity index (χ0n) is 17.6. The summed E-state index contributed by atoms with van der Waals surface area (Å²) in [5, 5.41) is 2.14. The number of halogens is 2. The second kappa shape index (κ2) is 10.4. The van der Waals surface area contributed by atoms with E-state index in [1.807, 2.05) is 31.2 Å². The van der Waals surface area contributed by atoms with Crippen LogP contribution in [0.1, 0.15) is 42.5 Å². The molecule has 2 N–H and O–H groups in total. The summed E-state index contributed by atoms with van der Waals surface area (Å²) in [6, 6.07) is 9.43. The topological polar surface area (TPSA) is 83.0 Å². The lowest BCUT2D eigenvalue weighted by atomic mass is 10.1. The lowest BCUT2D eigenvalue weighted by molar-refractivity contribution is 0.157. The molecule has 0 saturated heterocycles. The number of imidazole rings is 1. The van der Waals surface area contributed by atoms with Crippen molar-refractivity contribution < 1.29 is 9.53 Å². The molecule has 1 aromatic carbocycles. The molecule has 164 valence electrons. The third-order valence-corrected chi connectivity index (χ3v) is 6.17. The maximum Gasteiger partial charge on any atom is 0.404 e. The highest BCUT2D eigenvalue weighted by molar-refractivity contribution is 7.99. The number of nitrogens with two attached hydrogens (primary N) is 1. The van der Waals surface area contributed by atoms with Gasteiger partial charge in [0.1, 0.15) is 17.5 Å². The van der Waals surface area contributed by atoms with Crippen LogP contribution < -0.4 is 5.73 Å². The van der Waals surface area contributed by atoms with E-state index in [2.05, 4.69) is 23.4 Å². The van der Waals surface area contributed by atoms with Crippen molar-refractivity contribution in [2.24, 2.45) is 5.73 Å². The number of amides is 1. The van der Waals surface area contributed by atoms with Crippen molar-refractivity contribution in [3.8, 4) is 0 Å². The number of carbonyl (C=O) groups excluding carboxylic acids is 1. The third-order valence-electron chi connectivity index (χ3n) is 4.64. The first-order chi connectivity index (χ1) is 14.7. The van der Waals surface area contributed by atoms with Crippen molar-refractivity contribution in [1.29, 1.82) is 0 Å². The number of ether oxygens (including phenoxy) is 1. The van der Waals surface area contributed by atoms with Crippen LogP contribution in [-0.4, -0.2) is 27.2 Å². The number of rotatable bonds is 8. The Labute approximate surface area is 196 Å². The molecule has 6 nitrogen and oxygen atoms in total. The molecular formula is C22H24Cl2N4O2S. The van der Waals surface area contributed by atoms with Gasteiger partial charge in [-0.25, -0.2) is 9.78 Å². The third kappa shape index (κ3) is 6.15. The Hall–Kier alpha value is -2.22. The lowest BCUT2D eigenvalue weighted by Gasteiger charge is -2.15. The predicted octanol–water partition coefficient (Wildman–Crippen LogP) is 5.85. The highest BCUT2D eigenvalue weighted by Crippen LogP contribution is 2.37. The van der Waals surface area contributed by atoms with Gasteiger partial charge in [0.25, 0.3) is 0 Å². The fourth-order valence-electron chi connectivity index (χ4n) is 3.14. The summed E-state index contributed by atoms with van der Waals surface area (Å²) >= 11 is 14.0. The first kappa shape index (κ1) is 23.4. The molecule has 3 aromatic rings. The smallest absolute Gasteiger partial charge is 0.404 e. The van der Waals surface area contributed by atoms with Crippen molar-refractivity contribution >= 4 is 41.1 Å². The van der Waals surface area contributed by atoms with E-state index in [1.54, 1.807) is 24.0 Å². The Morgan fingerprint density at radius 2 is 1.97 bits per heavy atom. The van der Waals surface area contributed by atoms with Gasteiger partial charge < -0.3 is 15.0 Å². The molecule has 0 unspecified atom stereocenters. The minimum absolute atomic E-state index is 0.156. The fraction of sp³-hybridized carbons (Fsp3) is 0.318. The van der Waals surface area contributed by atoms with Gasteiger partial charge in [-0.2, -0.15) is 0 Å². The molecule has 0 aliphatic rings. The van der Waals surface area contributed by atoms with E-state index in [1.165, 1.54) is 0 Å². The minimum Gasteiger partial charge on any atom is -0.449 e. The van der Waals surface area contributed by atoms with Gasteiger partial charge in [0.05, 0.1) is 12.2 Å². The number of pyridine rings is 1. The maximum atomic E-state index is 11.0. The van der Waals surface area contributed by atoms with E-state index < -0.39 is 6.09 Å². The molecule has 2 aromatic heterocycles. The summed E-state index contributed by atoms with van der Waals surface area (Å²) in [4.78, 5) is 21.3. The summed E-state index contributed by atoms with van der Waals surface area (Å²) in [5.41, 5.74) is 8.11. The molecule has 0 bridgehead atoms. The molecule has 0 aliphatic carbocycles. The van der Waals surface area contributed by atoms with Gasteiger partial charge in [0.2, 0.25) is 0 Å². The largest absolute Gasteiger partial charge is 0.449 e. The Kier molecular flexibility index (Phi) is 7.86. The second-order valence-electron chi connectivity index (χ2n) is 7.33. The molecule has 31 heavy (non-hydrogen) atoms. The summed E-state index contributed by atoms with van der Waals surface area (Å²) in [5.74, 6) is 0.994. The fourth-order valence-corrected chi connectivity index (χ4v) is 5.05. The molecule has 0 atom stereocenters. The van der Waals surface area contributed by atoms with Crippen LogP contribution in [0.2, 0.25) is 10.0 Å². The zero-order valence-corrected chi connectivity index (χ0v) is 19.9. The zero-order chi connectivity index (χ0) is 22.5. The molecule has 0 radical (unpaired) electrons. The van der Waals surface area contributed by atoms with Gasteiger partial charge in [-0.15, -0.1) is 0 Å². The monoisotopic (exact) mass is 478 g/mol. The standard InChI is InChI=1S/C22H24Cl2N4O2S/c1-13(2)20-21(31-18-10-16(23)9-17(24)11-18)28(12-15-5-4-7-26-14(15)3)19(27-20)6-8-30-22(25)29/h4-5,7,9-11,13H,6,8,12H2,1-3H3,(H2,25,29). The summed E-state index contributed by atoms with van der Waals surface area (Å²) in [6.07, 6.45) is 1.42. The summed E-state index contributed by atoms with van der Waals surface area (Å²) in [6.45, 7) is 6.92. The SMILES string of the molecule is Cc1ncccc1Cn1c(CCOC(N)=O)nc(C(C)C)c1Sc1cc(Cl)cc(Cl)c1. The highest BCUT2D eigenvalue weighted by atomic mass is 35.5.